The van der Waals surface area contributed by atoms with Gasteiger partial charge in [0.2, 0.25) is 0 Å². The van der Waals surface area contributed by atoms with Crippen LogP contribution in [0.4, 0.5) is 4.79 Å². The highest BCUT2D eigenvalue weighted by Gasteiger charge is 2.18. The second kappa shape index (κ2) is 4.30. The van der Waals surface area contributed by atoms with Gasteiger partial charge in [0, 0.05) is 13.6 Å². The summed E-state index contributed by atoms with van der Waals surface area (Å²) in [5.74, 6) is 0. The molecule has 0 aliphatic rings. The number of urea groups is 1. The lowest BCUT2D eigenvalue weighted by Crippen LogP contribution is -2.44. The highest BCUT2D eigenvalue weighted by molar-refractivity contribution is 5.73. The molecule has 12 heavy (non-hydrogen) atoms. The number of carbonyl (C=O) groups is 1. The molecule has 0 unspecified atom stereocenters. The number of hydrogen-bond donors (Lipinski definition) is 2. The van der Waals surface area contributed by atoms with Gasteiger partial charge in [-0.1, -0.05) is 0 Å². The van der Waals surface area contributed by atoms with Crippen LogP contribution in [0.1, 0.15) is 20.8 Å². The highest BCUT2D eigenvalue weighted by Crippen LogP contribution is 2.02. The van der Waals surface area contributed by atoms with Crippen molar-refractivity contribution in [3.05, 3.63) is 0 Å². The monoisotopic (exact) mass is 174 g/mol. The van der Waals surface area contributed by atoms with Gasteiger partial charge in [-0.05, 0) is 20.8 Å². The van der Waals surface area contributed by atoms with Crippen molar-refractivity contribution in [3.63, 3.8) is 0 Å². The Kier molecular flexibility index (Phi) is 4.03. The smallest absolute Gasteiger partial charge is 0.317 e. The molecule has 0 aromatic heterocycles. The molecule has 0 aromatic carbocycles. The Morgan fingerprint density at radius 3 is 2.42 bits per heavy atom. The van der Waals surface area contributed by atoms with E-state index in [-0.39, 0.29) is 6.03 Å². The Morgan fingerprint density at radius 2 is 2.08 bits per heavy atom. The summed E-state index contributed by atoms with van der Waals surface area (Å²) in [4.78, 5) is 12.6. The van der Waals surface area contributed by atoms with Crippen molar-refractivity contribution in [2.45, 2.75) is 26.4 Å². The average molecular weight is 174 g/mol. The van der Waals surface area contributed by atoms with Crippen LogP contribution < -0.4 is 5.32 Å². The van der Waals surface area contributed by atoms with Crippen LogP contribution in [-0.2, 0) is 0 Å². The summed E-state index contributed by atoms with van der Waals surface area (Å²) in [5, 5.41) is 12.0. The van der Waals surface area contributed by atoms with Crippen molar-refractivity contribution in [1.29, 1.82) is 0 Å². The zero-order valence-corrected chi connectivity index (χ0v) is 8.22. The minimum atomic E-state index is -0.834. The standard InChI is InChI=1S/C8H18N2O2/c1-5-9-7(11)10(4)6-8(2,3)12/h12H,5-6H2,1-4H3,(H,9,11). The van der Waals surface area contributed by atoms with E-state index < -0.39 is 5.60 Å². The second-order valence-electron chi connectivity index (χ2n) is 3.50. The summed E-state index contributed by atoms with van der Waals surface area (Å²) in [7, 11) is 1.66. The fraction of sp³-hybridized carbons (Fsp3) is 0.875. The Morgan fingerprint density at radius 1 is 1.58 bits per heavy atom. The van der Waals surface area contributed by atoms with E-state index in [1.807, 2.05) is 6.92 Å². The lowest BCUT2D eigenvalue weighted by Gasteiger charge is -2.25. The molecule has 72 valence electrons. The predicted octanol–water partition coefficient (Wildman–Crippen LogP) is 0.419. The number of amides is 2. The zero-order chi connectivity index (χ0) is 9.78. The van der Waals surface area contributed by atoms with Crippen LogP contribution in [0, 0.1) is 0 Å². The molecule has 2 N–H and O–H groups in total. The van der Waals surface area contributed by atoms with Crippen molar-refractivity contribution in [1.82, 2.24) is 10.2 Å². The summed E-state index contributed by atoms with van der Waals surface area (Å²) in [6.07, 6.45) is 0. The van der Waals surface area contributed by atoms with E-state index in [9.17, 15) is 9.90 Å². The van der Waals surface area contributed by atoms with Gasteiger partial charge in [0.05, 0.1) is 12.1 Å². The van der Waals surface area contributed by atoms with Gasteiger partial charge in [-0.2, -0.15) is 0 Å². The van der Waals surface area contributed by atoms with Crippen LogP contribution in [0.2, 0.25) is 0 Å². The maximum Gasteiger partial charge on any atom is 0.317 e. The van der Waals surface area contributed by atoms with Crippen molar-refractivity contribution < 1.29 is 9.90 Å². The molecule has 0 rings (SSSR count). The van der Waals surface area contributed by atoms with Crippen LogP contribution in [-0.4, -0.2) is 41.8 Å². The third-order valence-corrected chi connectivity index (χ3v) is 1.30. The van der Waals surface area contributed by atoms with E-state index in [1.54, 1.807) is 20.9 Å². The van der Waals surface area contributed by atoms with Crippen molar-refractivity contribution in [3.8, 4) is 0 Å². The molecule has 0 bridgehead atoms. The van der Waals surface area contributed by atoms with Gasteiger partial charge in [0.1, 0.15) is 0 Å². The molecule has 0 aromatic rings. The molecule has 0 saturated carbocycles. The molecule has 0 radical (unpaired) electrons. The topological polar surface area (TPSA) is 52.6 Å². The van der Waals surface area contributed by atoms with Crippen LogP contribution in [0.5, 0.6) is 0 Å². The molecule has 0 fully saturated rings. The number of nitrogens with zero attached hydrogens (tertiary/aromatic N) is 1. The van der Waals surface area contributed by atoms with E-state index in [2.05, 4.69) is 5.32 Å². The Hall–Kier alpha value is -0.770. The van der Waals surface area contributed by atoms with Crippen LogP contribution >= 0.6 is 0 Å². The second-order valence-corrected chi connectivity index (χ2v) is 3.50. The lowest BCUT2D eigenvalue weighted by molar-refractivity contribution is 0.0533. The summed E-state index contributed by atoms with van der Waals surface area (Å²) in [6.45, 7) is 6.13. The van der Waals surface area contributed by atoms with Gasteiger partial charge >= 0.3 is 6.03 Å². The normalized spacial score (nSPS) is 11.1. The minimum absolute atomic E-state index is 0.153. The van der Waals surface area contributed by atoms with Crippen molar-refractivity contribution in [2.24, 2.45) is 0 Å². The fourth-order valence-electron chi connectivity index (χ4n) is 0.938. The van der Waals surface area contributed by atoms with E-state index >= 15 is 0 Å². The largest absolute Gasteiger partial charge is 0.389 e. The first-order chi connectivity index (χ1) is 5.37. The molecule has 0 heterocycles. The van der Waals surface area contributed by atoms with Gasteiger partial charge < -0.3 is 15.3 Å². The lowest BCUT2D eigenvalue weighted by atomic mass is 10.1. The molecule has 0 saturated heterocycles. The van der Waals surface area contributed by atoms with Gasteiger partial charge in [-0.25, -0.2) is 4.79 Å². The maximum atomic E-state index is 11.1. The average Bonchev–Trinajstić information content (AvgIpc) is 1.84. The van der Waals surface area contributed by atoms with Gasteiger partial charge in [0.25, 0.3) is 0 Å². The first kappa shape index (κ1) is 11.2. The molecule has 4 heteroatoms. The van der Waals surface area contributed by atoms with Gasteiger partial charge in [0.15, 0.2) is 0 Å². The van der Waals surface area contributed by atoms with Crippen molar-refractivity contribution in [2.75, 3.05) is 20.1 Å². The molecule has 2 amide bonds. The molecule has 0 aliphatic heterocycles. The molecule has 0 atom stereocenters. The number of carbonyl (C=O) groups excluding carboxylic acids is 1. The molecular formula is C8H18N2O2. The zero-order valence-electron chi connectivity index (χ0n) is 8.22. The van der Waals surface area contributed by atoms with Gasteiger partial charge in [-0.15, -0.1) is 0 Å². The fourth-order valence-corrected chi connectivity index (χ4v) is 0.938. The number of likely N-dealkylation sites (N-methyl/N-ethyl adjacent to an activating group) is 1. The summed E-state index contributed by atoms with van der Waals surface area (Å²) in [5.41, 5.74) is -0.834. The first-order valence-electron chi connectivity index (χ1n) is 4.08. The summed E-state index contributed by atoms with van der Waals surface area (Å²) in [6, 6.07) is -0.153. The van der Waals surface area contributed by atoms with E-state index in [4.69, 9.17) is 0 Å². The third kappa shape index (κ3) is 4.96. The first-order valence-corrected chi connectivity index (χ1v) is 4.08. The number of aliphatic hydroxyl groups is 1. The van der Waals surface area contributed by atoms with E-state index in [0.717, 1.165) is 0 Å². The van der Waals surface area contributed by atoms with Crippen LogP contribution in [0.25, 0.3) is 0 Å². The highest BCUT2D eigenvalue weighted by atomic mass is 16.3. The Bertz CT molecular complexity index is 152. The molecule has 4 nitrogen and oxygen atoms in total. The molecular weight excluding hydrogens is 156 g/mol. The molecule has 0 spiro atoms. The van der Waals surface area contributed by atoms with Crippen LogP contribution in [0.3, 0.4) is 0 Å². The number of hydrogen-bond acceptors (Lipinski definition) is 2. The van der Waals surface area contributed by atoms with Gasteiger partial charge in [-0.3, -0.25) is 0 Å². The number of rotatable bonds is 3. The minimum Gasteiger partial charge on any atom is -0.389 e. The number of nitrogens with one attached hydrogen (secondary N) is 1. The molecule has 0 aliphatic carbocycles. The third-order valence-electron chi connectivity index (χ3n) is 1.30. The Labute approximate surface area is 73.6 Å². The summed E-state index contributed by atoms with van der Waals surface area (Å²) < 4.78 is 0. The maximum absolute atomic E-state index is 11.1. The van der Waals surface area contributed by atoms with E-state index in [0.29, 0.717) is 13.1 Å². The SMILES string of the molecule is CCNC(=O)N(C)CC(C)(C)O. The quantitative estimate of drug-likeness (QED) is 0.651. The van der Waals surface area contributed by atoms with E-state index in [1.165, 1.54) is 4.90 Å². The van der Waals surface area contributed by atoms with Crippen molar-refractivity contribution >= 4 is 6.03 Å². The summed E-state index contributed by atoms with van der Waals surface area (Å²) >= 11 is 0. The van der Waals surface area contributed by atoms with Crippen LogP contribution in [0.15, 0.2) is 0 Å². The predicted molar refractivity (Wildman–Crippen MR) is 48.0 cm³/mol. The Balaban J connectivity index is 3.87.